The lowest BCUT2D eigenvalue weighted by atomic mass is 9.97. The molecule has 3 aromatic carbocycles. The number of benzene rings is 3. The van der Waals surface area contributed by atoms with E-state index in [1.807, 2.05) is 91.0 Å². The maximum absolute atomic E-state index is 13.1. The highest BCUT2D eigenvalue weighted by Gasteiger charge is 2.52. The molecule has 0 aromatic heterocycles. The van der Waals surface area contributed by atoms with Gasteiger partial charge in [-0.05, 0) is 16.7 Å². The smallest absolute Gasteiger partial charge is 0.339 e. The van der Waals surface area contributed by atoms with E-state index in [1.165, 1.54) is 7.11 Å². The topological polar surface area (TPSA) is 72.5 Å². The molecule has 0 amide bonds. The number of rotatable bonds is 12. The normalized spacial score (nSPS) is 22.9. The second-order valence-electron chi connectivity index (χ2n) is 8.76. The van der Waals surface area contributed by atoms with Gasteiger partial charge in [-0.1, -0.05) is 96.9 Å². The first-order chi connectivity index (χ1) is 18.7. The van der Waals surface area contributed by atoms with Gasteiger partial charge in [0.2, 0.25) is 0 Å². The number of hydrogen-bond acceptors (Lipinski definition) is 7. The Bertz CT molecular complexity index is 1150. The summed E-state index contributed by atoms with van der Waals surface area (Å²) < 4.78 is 36.0. The lowest BCUT2D eigenvalue weighted by Gasteiger charge is -2.44. The maximum atomic E-state index is 13.1. The van der Waals surface area contributed by atoms with Crippen LogP contribution in [-0.2, 0) is 53.0 Å². The van der Waals surface area contributed by atoms with Crippen LogP contribution in [0.2, 0.25) is 0 Å². The van der Waals surface area contributed by atoms with Gasteiger partial charge in [0.25, 0.3) is 0 Å². The van der Waals surface area contributed by atoms with Crippen LogP contribution in [-0.4, -0.2) is 50.4 Å². The van der Waals surface area contributed by atoms with Crippen LogP contribution in [0.5, 0.6) is 0 Å². The average molecular weight is 517 g/mol. The molecule has 7 nitrogen and oxygen atoms in total. The van der Waals surface area contributed by atoms with Crippen LogP contribution in [0.15, 0.2) is 91.0 Å². The zero-order valence-electron chi connectivity index (χ0n) is 21.3. The van der Waals surface area contributed by atoms with E-state index in [2.05, 4.69) is 5.92 Å². The van der Waals surface area contributed by atoms with Gasteiger partial charge in [0.1, 0.15) is 18.3 Å². The van der Waals surface area contributed by atoms with E-state index in [0.29, 0.717) is 0 Å². The number of hydrogen-bond donors (Lipinski definition) is 0. The van der Waals surface area contributed by atoms with E-state index in [1.54, 1.807) is 0 Å². The monoisotopic (exact) mass is 516 g/mol. The fraction of sp³-hybridized carbons (Fsp3) is 0.323. The Morgan fingerprint density at radius 2 is 1.18 bits per heavy atom. The minimum absolute atomic E-state index is 0.189. The number of esters is 1. The van der Waals surface area contributed by atoms with Crippen molar-refractivity contribution in [3.05, 3.63) is 108 Å². The van der Waals surface area contributed by atoms with Crippen LogP contribution in [0.3, 0.4) is 0 Å². The molecule has 0 N–H and O–H groups in total. The minimum Gasteiger partial charge on any atom is -0.451 e. The van der Waals surface area contributed by atoms with Gasteiger partial charge in [0.05, 0.1) is 19.8 Å². The standard InChI is InChI=1S/C31H32O7/c1-3-19-34-30(32)28-26(35-20-23-13-7-4-8-14-23)27(36-21-24-15-9-5-10-16-24)29(31(33-2)38-28)37-22-25-17-11-6-12-18-25/h1,4-18,26-29,31H,19-22H2,2H3/t26-,27-,28-,29+,31-/m0/s1. The zero-order chi connectivity index (χ0) is 26.6. The van der Waals surface area contributed by atoms with Gasteiger partial charge in [-0.25, -0.2) is 4.79 Å². The molecule has 1 fully saturated rings. The summed E-state index contributed by atoms with van der Waals surface area (Å²) in [5, 5.41) is 0. The van der Waals surface area contributed by atoms with Crippen molar-refractivity contribution in [1.29, 1.82) is 0 Å². The Labute approximate surface area is 223 Å². The molecule has 7 heteroatoms. The lowest BCUT2D eigenvalue weighted by Crippen LogP contribution is -2.62. The first-order valence-electron chi connectivity index (χ1n) is 12.4. The van der Waals surface area contributed by atoms with Gasteiger partial charge in [-0.3, -0.25) is 0 Å². The predicted octanol–water partition coefficient (Wildman–Crippen LogP) is 4.29. The largest absolute Gasteiger partial charge is 0.451 e. The molecule has 0 bridgehead atoms. The summed E-state index contributed by atoms with van der Waals surface area (Å²) in [6.45, 7) is 0.593. The number of methoxy groups -OCH3 is 1. The molecule has 0 aliphatic carbocycles. The molecular weight excluding hydrogens is 484 g/mol. The molecule has 0 saturated carbocycles. The highest BCUT2D eigenvalue weighted by Crippen LogP contribution is 2.31. The molecule has 5 atom stereocenters. The summed E-state index contributed by atoms with van der Waals surface area (Å²) in [5.74, 6) is 1.66. The number of ether oxygens (including phenoxy) is 6. The van der Waals surface area contributed by atoms with E-state index in [9.17, 15) is 4.79 Å². The van der Waals surface area contributed by atoms with E-state index in [-0.39, 0.29) is 26.4 Å². The molecule has 3 aromatic rings. The van der Waals surface area contributed by atoms with Crippen molar-refractivity contribution in [1.82, 2.24) is 0 Å². The fourth-order valence-corrected chi connectivity index (χ4v) is 4.23. The number of terminal acetylenes is 1. The first kappa shape index (κ1) is 27.5. The van der Waals surface area contributed by atoms with Crippen molar-refractivity contribution in [2.24, 2.45) is 0 Å². The molecule has 1 aliphatic heterocycles. The van der Waals surface area contributed by atoms with Crippen molar-refractivity contribution in [2.75, 3.05) is 13.7 Å². The van der Waals surface area contributed by atoms with Crippen LogP contribution in [0.4, 0.5) is 0 Å². The molecule has 4 rings (SSSR count). The molecule has 1 heterocycles. The third-order valence-electron chi connectivity index (χ3n) is 6.11. The minimum atomic E-state index is -1.14. The molecular formula is C31H32O7. The average Bonchev–Trinajstić information content (AvgIpc) is 2.98. The number of carbonyl (C=O) groups is 1. The predicted molar refractivity (Wildman–Crippen MR) is 141 cm³/mol. The Kier molecular flexibility index (Phi) is 10.5. The first-order valence-corrected chi connectivity index (χ1v) is 12.4. The zero-order valence-corrected chi connectivity index (χ0v) is 21.3. The summed E-state index contributed by atoms with van der Waals surface area (Å²) >= 11 is 0. The van der Waals surface area contributed by atoms with Gasteiger partial charge in [-0.15, -0.1) is 6.42 Å². The molecule has 1 aliphatic rings. The van der Waals surface area contributed by atoms with E-state index in [0.717, 1.165) is 16.7 Å². The molecule has 0 spiro atoms. The van der Waals surface area contributed by atoms with Gasteiger partial charge in [-0.2, -0.15) is 0 Å². The fourth-order valence-electron chi connectivity index (χ4n) is 4.23. The Morgan fingerprint density at radius 3 is 1.63 bits per heavy atom. The second kappa shape index (κ2) is 14.4. The quantitative estimate of drug-likeness (QED) is 0.263. The van der Waals surface area contributed by atoms with Crippen molar-refractivity contribution >= 4 is 5.97 Å². The number of carbonyl (C=O) groups excluding carboxylic acids is 1. The highest BCUT2D eigenvalue weighted by molar-refractivity contribution is 5.76. The van der Waals surface area contributed by atoms with E-state index >= 15 is 0 Å². The Morgan fingerprint density at radius 1 is 0.737 bits per heavy atom. The van der Waals surface area contributed by atoms with Crippen LogP contribution >= 0.6 is 0 Å². The third kappa shape index (κ3) is 7.51. The molecule has 198 valence electrons. The second-order valence-corrected chi connectivity index (χ2v) is 8.76. The highest BCUT2D eigenvalue weighted by atomic mass is 16.7. The van der Waals surface area contributed by atoms with Crippen molar-refractivity contribution < 1.29 is 33.2 Å². The van der Waals surface area contributed by atoms with Gasteiger partial charge in [0, 0.05) is 7.11 Å². The van der Waals surface area contributed by atoms with Gasteiger partial charge >= 0.3 is 5.97 Å². The van der Waals surface area contributed by atoms with Crippen molar-refractivity contribution in [2.45, 2.75) is 50.5 Å². The SMILES string of the molecule is C#CCOC(=O)[C@H]1O[C@H](OC)[C@H](OCc2ccccc2)[C@@H](OCc2ccccc2)[C@@H]1OCc1ccccc1. The summed E-state index contributed by atoms with van der Waals surface area (Å²) in [7, 11) is 1.49. The van der Waals surface area contributed by atoms with Crippen molar-refractivity contribution in [3.8, 4) is 12.3 Å². The summed E-state index contributed by atoms with van der Waals surface area (Å²) in [6.07, 6.45) is 0.952. The van der Waals surface area contributed by atoms with Crippen molar-refractivity contribution in [3.63, 3.8) is 0 Å². The Balaban J connectivity index is 1.63. The Hall–Kier alpha value is -3.51. The summed E-state index contributed by atoms with van der Waals surface area (Å²) in [4.78, 5) is 13.1. The van der Waals surface area contributed by atoms with Crippen LogP contribution in [0.25, 0.3) is 0 Å². The molecule has 0 radical (unpaired) electrons. The summed E-state index contributed by atoms with van der Waals surface area (Å²) in [6, 6.07) is 29.2. The van der Waals surface area contributed by atoms with E-state index in [4.69, 9.17) is 34.8 Å². The maximum Gasteiger partial charge on any atom is 0.339 e. The van der Waals surface area contributed by atoms with Gasteiger partial charge in [0.15, 0.2) is 19.0 Å². The molecule has 0 unspecified atom stereocenters. The van der Waals surface area contributed by atoms with E-state index < -0.39 is 36.7 Å². The molecule has 1 saturated heterocycles. The third-order valence-corrected chi connectivity index (χ3v) is 6.11. The molecule has 38 heavy (non-hydrogen) atoms. The van der Waals surface area contributed by atoms with Crippen LogP contribution < -0.4 is 0 Å². The van der Waals surface area contributed by atoms with Gasteiger partial charge < -0.3 is 28.4 Å². The lowest BCUT2D eigenvalue weighted by molar-refractivity contribution is -0.315. The van der Waals surface area contributed by atoms with Crippen LogP contribution in [0.1, 0.15) is 16.7 Å². The summed E-state index contributed by atoms with van der Waals surface area (Å²) in [5.41, 5.74) is 2.87. The van der Waals surface area contributed by atoms with Crippen LogP contribution in [0, 0.1) is 12.3 Å².